The van der Waals surface area contributed by atoms with Gasteiger partial charge in [0.15, 0.2) is 0 Å². The molecule has 0 radical (unpaired) electrons. The van der Waals surface area contributed by atoms with Crippen LogP contribution in [0, 0.1) is 5.92 Å². The fourth-order valence-electron chi connectivity index (χ4n) is 2.70. The van der Waals surface area contributed by atoms with Gasteiger partial charge in [0.2, 0.25) is 5.91 Å². The number of nitrogens with zero attached hydrogens (tertiary/aromatic N) is 1. The van der Waals surface area contributed by atoms with E-state index in [-0.39, 0.29) is 11.9 Å². The third kappa shape index (κ3) is 4.21. The largest absolute Gasteiger partial charge is 0.496 e. The monoisotopic (exact) mass is 290 g/mol. The maximum absolute atomic E-state index is 12.2. The average molecular weight is 290 g/mol. The number of hydrogen-bond acceptors (Lipinski definition) is 3. The van der Waals surface area contributed by atoms with Crippen molar-refractivity contribution in [2.75, 3.05) is 20.7 Å². The van der Waals surface area contributed by atoms with Gasteiger partial charge in [-0.1, -0.05) is 18.2 Å². The van der Waals surface area contributed by atoms with Crippen LogP contribution in [0.2, 0.25) is 0 Å². The van der Waals surface area contributed by atoms with E-state index in [0.717, 1.165) is 17.2 Å². The van der Waals surface area contributed by atoms with E-state index >= 15 is 0 Å². The summed E-state index contributed by atoms with van der Waals surface area (Å²) in [6.45, 7) is 4.63. The Morgan fingerprint density at radius 1 is 1.38 bits per heavy atom. The zero-order valence-corrected chi connectivity index (χ0v) is 13.4. The number of hydrogen-bond donors (Lipinski definition) is 1. The first-order valence-corrected chi connectivity index (χ1v) is 7.65. The lowest BCUT2D eigenvalue weighted by atomic mass is 10.1. The third-order valence-electron chi connectivity index (χ3n) is 4.38. The highest BCUT2D eigenvalue weighted by Gasteiger charge is 2.31. The van der Waals surface area contributed by atoms with Gasteiger partial charge in [-0.3, -0.25) is 9.69 Å². The Bertz CT molecular complexity index is 485. The molecule has 1 aliphatic rings. The molecular weight excluding hydrogens is 264 g/mol. The molecule has 116 valence electrons. The predicted molar refractivity (Wildman–Crippen MR) is 84.4 cm³/mol. The zero-order chi connectivity index (χ0) is 15.4. The minimum Gasteiger partial charge on any atom is -0.496 e. The highest BCUT2D eigenvalue weighted by atomic mass is 16.5. The molecule has 0 spiro atoms. The SMILES string of the molecule is COc1ccccc1C(C)NC(=O)CN(C)C(C)C1CC1. The third-order valence-corrected chi connectivity index (χ3v) is 4.38. The number of carbonyl (C=O) groups is 1. The number of amides is 1. The first-order valence-electron chi connectivity index (χ1n) is 7.65. The lowest BCUT2D eigenvalue weighted by Crippen LogP contribution is -2.41. The maximum atomic E-state index is 12.2. The highest BCUT2D eigenvalue weighted by Crippen LogP contribution is 2.34. The minimum atomic E-state index is -0.0571. The Morgan fingerprint density at radius 3 is 2.67 bits per heavy atom. The number of benzene rings is 1. The van der Waals surface area contributed by atoms with Crippen LogP contribution in [0.5, 0.6) is 5.75 Å². The first kappa shape index (κ1) is 15.8. The van der Waals surface area contributed by atoms with E-state index in [1.165, 1.54) is 12.8 Å². The summed E-state index contributed by atoms with van der Waals surface area (Å²) in [5.41, 5.74) is 1.01. The Balaban J connectivity index is 1.89. The molecule has 0 aromatic heterocycles. The second-order valence-electron chi connectivity index (χ2n) is 6.02. The molecule has 1 aromatic rings. The van der Waals surface area contributed by atoms with Crippen molar-refractivity contribution in [3.63, 3.8) is 0 Å². The Hall–Kier alpha value is -1.55. The molecule has 4 nitrogen and oxygen atoms in total. The molecule has 1 amide bonds. The van der Waals surface area contributed by atoms with Crippen LogP contribution in [0.1, 0.15) is 38.3 Å². The van der Waals surface area contributed by atoms with Crippen LogP contribution in [-0.2, 0) is 4.79 Å². The van der Waals surface area contributed by atoms with E-state index in [0.29, 0.717) is 12.6 Å². The topological polar surface area (TPSA) is 41.6 Å². The van der Waals surface area contributed by atoms with Crippen LogP contribution in [0.25, 0.3) is 0 Å². The van der Waals surface area contributed by atoms with Crippen LogP contribution in [0.3, 0.4) is 0 Å². The van der Waals surface area contributed by atoms with E-state index < -0.39 is 0 Å². The van der Waals surface area contributed by atoms with Crippen molar-refractivity contribution in [1.82, 2.24) is 10.2 Å². The number of nitrogens with one attached hydrogen (secondary N) is 1. The normalized spacial score (nSPS) is 17.4. The molecular formula is C17H26N2O2. The molecule has 1 N–H and O–H groups in total. The van der Waals surface area contributed by atoms with Gasteiger partial charge in [-0.25, -0.2) is 0 Å². The molecule has 21 heavy (non-hydrogen) atoms. The standard InChI is InChI=1S/C17H26N2O2/c1-12(15-7-5-6-8-16(15)21-4)18-17(20)11-19(3)13(2)14-9-10-14/h5-8,12-14H,9-11H2,1-4H3,(H,18,20). The maximum Gasteiger partial charge on any atom is 0.234 e. The summed E-state index contributed by atoms with van der Waals surface area (Å²) in [6, 6.07) is 8.22. The van der Waals surface area contributed by atoms with Crippen molar-refractivity contribution in [1.29, 1.82) is 0 Å². The van der Waals surface area contributed by atoms with Crippen LogP contribution >= 0.6 is 0 Å². The molecule has 2 atom stereocenters. The smallest absolute Gasteiger partial charge is 0.234 e. The number of methoxy groups -OCH3 is 1. The van der Waals surface area contributed by atoms with E-state index in [1.807, 2.05) is 38.2 Å². The van der Waals surface area contributed by atoms with E-state index in [1.54, 1.807) is 7.11 Å². The molecule has 1 fully saturated rings. The number of ether oxygens (including phenoxy) is 1. The second kappa shape index (κ2) is 6.94. The molecule has 1 aliphatic carbocycles. The van der Waals surface area contributed by atoms with Crippen LogP contribution in [-0.4, -0.2) is 37.6 Å². The summed E-state index contributed by atoms with van der Waals surface area (Å²) >= 11 is 0. The summed E-state index contributed by atoms with van der Waals surface area (Å²) in [7, 11) is 3.68. The van der Waals surface area contributed by atoms with Crippen molar-refractivity contribution >= 4 is 5.91 Å². The summed E-state index contributed by atoms with van der Waals surface area (Å²) < 4.78 is 5.35. The van der Waals surface area contributed by atoms with Gasteiger partial charge in [0.05, 0.1) is 19.7 Å². The van der Waals surface area contributed by atoms with Crippen molar-refractivity contribution in [2.45, 2.75) is 38.8 Å². The van der Waals surface area contributed by atoms with Gasteiger partial charge in [-0.05, 0) is 45.7 Å². The molecule has 1 saturated carbocycles. The fraction of sp³-hybridized carbons (Fsp3) is 0.588. The molecule has 2 rings (SSSR count). The molecule has 0 heterocycles. The van der Waals surface area contributed by atoms with Crippen molar-refractivity contribution < 1.29 is 9.53 Å². The van der Waals surface area contributed by atoms with Crippen molar-refractivity contribution in [2.24, 2.45) is 5.92 Å². The molecule has 2 unspecified atom stereocenters. The number of likely N-dealkylation sites (N-methyl/N-ethyl adjacent to an activating group) is 1. The number of para-hydroxylation sites is 1. The van der Waals surface area contributed by atoms with Gasteiger partial charge in [-0.15, -0.1) is 0 Å². The zero-order valence-electron chi connectivity index (χ0n) is 13.4. The first-order chi connectivity index (χ1) is 10.0. The van der Waals surface area contributed by atoms with Crippen LogP contribution in [0.4, 0.5) is 0 Å². The molecule has 0 aliphatic heterocycles. The van der Waals surface area contributed by atoms with Gasteiger partial charge in [0.25, 0.3) is 0 Å². The van der Waals surface area contributed by atoms with Gasteiger partial charge in [-0.2, -0.15) is 0 Å². The highest BCUT2D eigenvalue weighted by molar-refractivity contribution is 5.78. The number of rotatable bonds is 7. The predicted octanol–water partition coefficient (Wildman–Crippen LogP) is 2.60. The Morgan fingerprint density at radius 2 is 2.05 bits per heavy atom. The van der Waals surface area contributed by atoms with E-state index in [4.69, 9.17) is 4.74 Å². The molecule has 0 saturated heterocycles. The van der Waals surface area contributed by atoms with Crippen LogP contribution < -0.4 is 10.1 Å². The lowest BCUT2D eigenvalue weighted by molar-refractivity contribution is -0.123. The van der Waals surface area contributed by atoms with Crippen molar-refractivity contribution in [3.8, 4) is 5.75 Å². The molecule has 1 aromatic carbocycles. The molecule has 0 bridgehead atoms. The van der Waals surface area contributed by atoms with E-state index in [2.05, 4.69) is 17.1 Å². The van der Waals surface area contributed by atoms with Crippen molar-refractivity contribution in [3.05, 3.63) is 29.8 Å². The lowest BCUT2D eigenvalue weighted by Gasteiger charge is -2.25. The van der Waals surface area contributed by atoms with Gasteiger partial charge < -0.3 is 10.1 Å². The summed E-state index contributed by atoms with van der Waals surface area (Å²) in [6.07, 6.45) is 2.59. The Kier molecular flexibility index (Phi) is 5.23. The van der Waals surface area contributed by atoms with Gasteiger partial charge in [0, 0.05) is 11.6 Å². The van der Waals surface area contributed by atoms with Gasteiger partial charge >= 0.3 is 0 Å². The van der Waals surface area contributed by atoms with Crippen LogP contribution in [0.15, 0.2) is 24.3 Å². The number of carbonyl (C=O) groups excluding carboxylic acids is 1. The molecule has 4 heteroatoms. The minimum absolute atomic E-state index is 0.0571. The van der Waals surface area contributed by atoms with E-state index in [9.17, 15) is 4.79 Å². The quantitative estimate of drug-likeness (QED) is 0.839. The summed E-state index contributed by atoms with van der Waals surface area (Å²) in [5.74, 6) is 1.64. The Labute approximate surface area is 127 Å². The fourth-order valence-corrected chi connectivity index (χ4v) is 2.70. The summed E-state index contributed by atoms with van der Waals surface area (Å²) in [5, 5.41) is 3.06. The van der Waals surface area contributed by atoms with Gasteiger partial charge in [0.1, 0.15) is 5.75 Å². The average Bonchev–Trinajstić information content (AvgIpc) is 3.30. The summed E-state index contributed by atoms with van der Waals surface area (Å²) in [4.78, 5) is 14.3. The second-order valence-corrected chi connectivity index (χ2v) is 6.02.